The molecule has 0 saturated heterocycles. The predicted octanol–water partition coefficient (Wildman–Crippen LogP) is 11.5. The minimum atomic E-state index is 0.617. The third-order valence-corrected chi connectivity index (χ3v) is 9.41. The van der Waals surface area contributed by atoms with E-state index in [1.165, 1.54) is 26.2 Å². The Hall–Kier alpha value is -5.78. The summed E-state index contributed by atoms with van der Waals surface area (Å²) in [6.45, 7) is 0. The van der Waals surface area contributed by atoms with E-state index in [-0.39, 0.29) is 0 Å². The van der Waals surface area contributed by atoms with Gasteiger partial charge >= 0.3 is 0 Å². The molecule has 4 nitrogen and oxygen atoms in total. The second-order valence-electron chi connectivity index (χ2n) is 11.1. The summed E-state index contributed by atoms with van der Waals surface area (Å²) < 4.78 is 7.26. The third kappa shape index (κ3) is 4.53. The van der Waals surface area contributed by atoms with Crippen molar-refractivity contribution in [3.63, 3.8) is 0 Å². The van der Waals surface area contributed by atoms with Gasteiger partial charge in [-0.15, -0.1) is 11.3 Å². The number of para-hydroxylation sites is 3. The van der Waals surface area contributed by atoms with Crippen molar-refractivity contribution in [3.05, 3.63) is 152 Å². The second kappa shape index (κ2) is 10.4. The fourth-order valence-corrected chi connectivity index (χ4v) is 7.04. The van der Waals surface area contributed by atoms with Crippen LogP contribution in [0, 0.1) is 0 Å². The van der Waals surface area contributed by atoms with Gasteiger partial charge < -0.3 is 9.32 Å². The molecule has 0 amide bonds. The van der Waals surface area contributed by atoms with Crippen LogP contribution in [0.25, 0.3) is 64.9 Å². The van der Waals surface area contributed by atoms with Crippen LogP contribution in [-0.2, 0) is 0 Å². The average molecular weight is 596 g/mol. The number of aromatic nitrogens is 2. The maximum Gasteiger partial charge on any atom is 0.227 e. The number of oxazole rings is 1. The Labute approximate surface area is 263 Å². The summed E-state index contributed by atoms with van der Waals surface area (Å²) in [6, 6.07) is 53.0. The van der Waals surface area contributed by atoms with Gasteiger partial charge in [0, 0.05) is 28.2 Å². The molecule has 0 saturated carbocycles. The number of hydrogen-bond donors (Lipinski definition) is 0. The molecular weight excluding hydrogens is 571 g/mol. The van der Waals surface area contributed by atoms with Crippen molar-refractivity contribution in [2.75, 3.05) is 4.90 Å². The van der Waals surface area contributed by atoms with Gasteiger partial charge in [0.05, 0.1) is 10.2 Å². The fourth-order valence-electron chi connectivity index (χ4n) is 6.07. The molecule has 0 N–H and O–H groups in total. The van der Waals surface area contributed by atoms with Crippen molar-refractivity contribution in [2.45, 2.75) is 0 Å². The molecule has 0 bridgehead atoms. The summed E-state index contributed by atoms with van der Waals surface area (Å²) in [6.07, 6.45) is 0. The quantitative estimate of drug-likeness (QED) is 0.186. The van der Waals surface area contributed by atoms with E-state index in [4.69, 9.17) is 14.4 Å². The van der Waals surface area contributed by atoms with Crippen LogP contribution in [-0.4, -0.2) is 9.97 Å². The van der Waals surface area contributed by atoms with Gasteiger partial charge in [-0.05, 0) is 106 Å². The van der Waals surface area contributed by atoms with Crippen LogP contribution in [0.4, 0.5) is 17.1 Å². The molecule has 0 spiro atoms. The van der Waals surface area contributed by atoms with Gasteiger partial charge in [0.1, 0.15) is 10.5 Å². The van der Waals surface area contributed by atoms with Crippen molar-refractivity contribution in [1.82, 2.24) is 9.97 Å². The van der Waals surface area contributed by atoms with Gasteiger partial charge in [-0.1, -0.05) is 66.7 Å². The van der Waals surface area contributed by atoms with Crippen LogP contribution in [0.5, 0.6) is 0 Å². The molecule has 45 heavy (non-hydrogen) atoms. The van der Waals surface area contributed by atoms with Gasteiger partial charge in [0.15, 0.2) is 5.58 Å². The van der Waals surface area contributed by atoms with Crippen LogP contribution < -0.4 is 4.90 Å². The molecule has 2 aromatic heterocycles. The first-order valence-electron chi connectivity index (χ1n) is 14.9. The first kappa shape index (κ1) is 25.7. The number of hydrogen-bond acceptors (Lipinski definition) is 5. The van der Waals surface area contributed by atoms with E-state index in [2.05, 4.69) is 126 Å². The van der Waals surface area contributed by atoms with E-state index >= 15 is 0 Å². The topological polar surface area (TPSA) is 42.2 Å². The van der Waals surface area contributed by atoms with E-state index in [0.29, 0.717) is 5.89 Å². The number of nitrogens with zero attached hydrogens (tertiary/aromatic N) is 3. The van der Waals surface area contributed by atoms with E-state index in [1.54, 1.807) is 11.3 Å². The van der Waals surface area contributed by atoms with E-state index in [1.807, 2.05) is 30.3 Å². The maximum absolute atomic E-state index is 6.06. The number of fused-ring (bicyclic) bond motifs is 5. The zero-order valence-corrected chi connectivity index (χ0v) is 24.9. The Balaban J connectivity index is 1.16. The lowest BCUT2D eigenvalue weighted by Gasteiger charge is -2.26. The van der Waals surface area contributed by atoms with Gasteiger partial charge in [0.25, 0.3) is 0 Å². The van der Waals surface area contributed by atoms with Crippen LogP contribution in [0.15, 0.2) is 156 Å². The molecule has 9 aromatic rings. The molecule has 7 aromatic carbocycles. The molecule has 0 aliphatic heterocycles. The largest absolute Gasteiger partial charge is 0.436 e. The molecule has 5 heteroatoms. The van der Waals surface area contributed by atoms with Crippen molar-refractivity contribution in [2.24, 2.45) is 0 Å². The molecule has 0 fully saturated rings. The zero-order chi connectivity index (χ0) is 29.7. The number of rotatable bonds is 5. The van der Waals surface area contributed by atoms with Gasteiger partial charge in [0.2, 0.25) is 5.89 Å². The standard InChI is InChI=1S/C40H25N3OS/c1-2-8-33-26(7-1)13-14-27-15-24-32(25-34(27)33)43(30-20-16-28(17-21-30)39-41-35-9-3-5-11-37(35)44-39)31-22-18-29(19-23-31)40-42-36-10-4-6-12-38(36)45-40/h1-25H. The Morgan fingerprint density at radius 3 is 1.89 bits per heavy atom. The minimum absolute atomic E-state index is 0.617. The van der Waals surface area contributed by atoms with Crippen LogP contribution in [0.3, 0.4) is 0 Å². The first-order valence-corrected chi connectivity index (χ1v) is 15.7. The summed E-state index contributed by atoms with van der Waals surface area (Å²) in [7, 11) is 0. The monoisotopic (exact) mass is 595 g/mol. The number of benzene rings is 7. The highest BCUT2D eigenvalue weighted by Crippen LogP contribution is 2.40. The Kier molecular flexibility index (Phi) is 5.96. The fraction of sp³-hybridized carbons (Fsp3) is 0. The molecule has 0 aliphatic rings. The lowest BCUT2D eigenvalue weighted by Crippen LogP contribution is -2.09. The molecule has 0 aliphatic carbocycles. The molecule has 212 valence electrons. The zero-order valence-electron chi connectivity index (χ0n) is 24.1. The lowest BCUT2D eigenvalue weighted by atomic mass is 10.0. The SMILES string of the molecule is c1ccc2c(c1)ccc1ccc(N(c3ccc(-c4nc5ccccc5o4)cc3)c3ccc(-c4nc5ccccc5s4)cc3)cc12. The highest BCUT2D eigenvalue weighted by molar-refractivity contribution is 7.21. The molecule has 2 heterocycles. The van der Waals surface area contributed by atoms with Crippen LogP contribution in [0.2, 0.25) is 0 Å². The third-order valence-electron chi connectivity index (χ3n) is 8.32. The summed E-state index contributed by atoms with van der Waals surface area (Å²) >= 11 is 1.72. The minimum Gasteiger partial charge on any atom is -0.436 e. The summed E-state index contributed by atoms with van der Waals surface area (Å²) in [5.74, 6) is 0.617. The van der Waals surface area contributed by atoms with Crippen LogP contribution in [0.1, 0.15) is 0 Å². The van der Waals surface area contributed by atoms with Crippen LogP contribution >= 0.6 is 11.3 Å². The highest BCUT2D eigenvalue weighted by Gasteiger charge is 2.16. The molecule has 0 unspecified atom stereocenters. The van der Waals surface area contributed by atoms with E-state index < -0.39 is 0 Å². The maximum atomic E-state index is 6.06. The second-order valence-corrected chi connectivity index (χ2v) is 12.1. The smallest absolute Gasteiger partial charge is 0.227 e. The van der Waals surface area contributed by atoms with Gasteiger partial charge in [-0.2, -0.15) is 0 Å². The molecule has 0 radical (unpaired) electrons. The van der Waals surface area contributed by atoms with Crippen molar-refractivity contribution in [1.29, 1.82) is 0 Å². The number of anilines is 3. The average Bonchev–Trinajstić information content (AvgIpc) is 3.74. The Morgan fingerprint density at radius 2 is 1.11 bits per heavy atom. The molecule has 9 rings (SSSR count). The lowest BCUT2D eigenvalue weighted by molar-refractivity contribution is 0.620. The van der Waals surface area contributed by atoms with Crippen molar-refractivity contribution in [3.8, 4) is 22.0 Å². The normalized spacial score (nSPS) is 11.6. The molecule has 0 atom stereocenters. The van der Waals surface area contributed by atoms with Crippen molar-refractivity contribution < 1.29 is 4.42 Å². The van der Waals surface area contributed by atoms with Gasteiger partial charge in [-0.3, -0.25) is 0 Å². The van der Waals surface area contributed by atoms with E-state index in [0.717, 1.165) is 49.8 Å². The first-order chi connectivity index (χ1) is 22.3. The number of thiazole rings is 1. The van der Waals surface area contributed by atoms with E-state index in [9.17, 15) is 0 Å². The summed E-state index contributed by atoms with van der Waals surface area (Å²) in [4.78, 5) is 11.9. The van der Waals surface area contributed by atoms with Gasteiger partial charge in [-0.25, -0.2) is 9.97 Å². The summed E-state index contributed by atoms with van der Waals surface area (Å²) in [5, 5.41) is 5.94. The summed E-state index contributed by atoms with van der Waals surface area (Å²) in [5.41, 5.74) is 7.91. The Morgan fingerprint density at radius 1 is 0.489 bits per heavy atom. The van der Waals surface area contributed by atoms with Crippen molar-refractivity contribution >= 4 is 71.3 Å². The predicted molar refractivity (Wildman–Crippen MR) is 188 cm³/mol. The Bertz CT molecular complexity index is 2310. The highest BCUT2D eigenvalue weighted by atomic mass is 32.1. The molecular formula is C40H25N3OS.